The van der Waals surface area contributed by atoms with Crippen LogP contribution in [0.15, 0.2) is 10.4 Å². The highest BCUT2D eigenvalue weighted by atomic mass is 32.1. The summed E-state index contributed by atoms with van der Waals surface area (Å²) in [6.07, 6.45) is 1.52. The molecule has 0 aromatic carbocycles. The van der Waals surface area contributed by atoms with E-state index >= 15 is 0 Å². The SMILES string of the molecule is CCC(=O)N1CCC(NC(=NC)NCc2csc(C(C)(C)C)n2)C1. The predicted octanol–water partition coefficient (Wildman–Crippen LogP) is 2.12. The van der Waals surface area contributed by atoms with Crippen molar-refractivity contribution in [2.45, 2.75) is 58.5 Å². The molecule has 1 aliphatic heterocycles. The van der Waals surface area contributed by atoms with Gasteiger partial charge in [-0.2, -0.15) is 0 Å². The summed E-state index contributed by atoms with van der Waals surface area (Å²) in [7, 11) is 1.76. The Labute approximate surface area is 148 Å². The first-order chi connectivity index (χ1) is 11.3. The molecule has 1 saturated heterocycles. The van der Waals surface area contributed by atoms with E-state index in [1.165, 1.54) is 0 Å². The highest BCUT2D eigenvalue weighted by Crippen LogP contribution is 2.25. The highest BCUT2D eigenvalue weighted by molar-refractivity contribution is 7.09. The molecule has 24 heavy (non-hydrogen) atoms. The number of nitrogens with one attached hydrogen (secondary N) is 2. The number of aromatic nitrogens is 1. The molecule has 134 valence electrons. The second-order valence-electron chi connectivity index (χ2n) is 7.14. The number of hydrogen-bond acceptors (Lipinski definition) is 4. The fourth-order valence-corrected chi connectivity index (χ4v) is 3.53. The molecule has 1 unspecified atom stereocenters. The Bertz CT molecular complexity index is 590. The Morgan fingerprint density at radius 1 is 1.50 bits per heavy atom. The topological polar surface area (TPSA) is 69.6 Å². The van der Waals surface area contributed by atoms with Crippen LogP contribution in [0.4, 0.5) is 0 Å². The molecule has 1 atom stereocenters. The first-order valence-electron chi connectivity index (χ1n) is 8.53. The standard InChI is InChI=1S/C17H29N5OS/c1-6-14(23)22-8-7-12(10-22)21-16(18-5)19-9-13-11-24-15(20-13)17(2,3)4/h11-12H,6-10H2,1-5H3,(H2,18,19,21). The van der Waals surface area contributed by atoms with Gasteiger partial charge in [-0.3, -0.25) is 9.79 Å². The Kier molecular flexibility index (Phi) is 6.21. The minimum atomic E-state index is 0.0853. The molecule has 0 spiro atoms. The highest BCUT2D eigenvalue weighted by Gasteiger charge is 2.25. The first-order valence-corrected chi connectivity index (χ1v) is 9.41. The zero-order valence-electron chi connectivity index (χ0n) is 15.3. The van der Waals surface area contributed by atoms with Gasteiger partial charge in [0.15, 0.2) is 5.96 Å². The Balaban J connectivity index is 1.83. The molecule has 1 aliphatic rings. The van der Waals surface area contributed by atoms with Crippen LogP contribution in [0.3, 0.4) is 0 Å². The third-order valence-corrected chi connectivity index (χ3v) is 5.36. The normalized spacial score (nSPS) is 18.8. The average molecular weight is 352 g/mol. The number of carbonyl (C=O) groups is 1. The number of likely N-dealkylation sites (tertiary alicyclic amines) is 1. The Morgan fingerprint density at radius 3 is 2.83 bits per heavy atom. The summed E-state index contributed by atoms with van der Waals surface area (Å²) >= 11 is 1.70. The van der Waals surface area contributed by atoms with Crippen LogP contribution in [-0.4, -0.2) is 47.9 Å². The maximum Gasteiger partial charge on any atom is 0.222 e. The number of hydrogen-bond donors (Lipinski definition) is 2. The molecule has 1 amide bonds. The lowest BCUT2D eigenvalue weighted by atomic mass is 9.98. The summed E-state index contributed by atoms with van der Waals surface area (Å²) in [5.74, 6) is 0.982. The number of amides is 1. The molecule has 2 rings (SSSR count). The van der Waals surface area contributed by atoms with Crippen LogP contribution >= 0.6 is 11.3 Å². The van der Waals surface area contributed by atoms with Crippen molar-refractivity contribution in [3.05, 3.63) is 16.1 Å². The van der Waals surface area contributed by atoms with E-state index in [1.54, 1.807) is 18.4 Å². The third-order valence-electron chi connectivity index (χ3n) is 4.04. The zero-order valence-corrected chi connectivity index (χ0v) is 16.2. The minimum absolute atomic E-state index is 0.0853. The maximum absolute atomic E-state index is 11.8. The first kappa shape index (κ1) is 18.7. The second-order valence-corrected chi connectivity index (χ2v) is 8.00. The van der Waals surface area contributed by atoms with Gasteiger partial charge in [-0.05, 0) is 6.42 Å². The van der Waals surface area contributed by atoms with E-state index in [2.05, 4.69) is 46.8 Å². The lowest BCUT2D eigenvalue weighted by Crippen LogP contribution is -2.44. The van der Waals surface area contributed by atoms with Gasteiger partial charge in [0.1, 0.15) is 0 Å². The van der Waals surface area contributed by atoms with Crippen molar-refractivity contribution in [1.29, 1.82) is 0 Å². The molecular formula is C17H29N5OS. The maximum atomic E-state index is 11.8. The zero-order chi connectivity index (χ0) is 17.7. The third kappa shape index (κ3) is 4.93. The van der Waals surface area contributed by atoms with E-state index in [1.807, 2.05) is 11.8 Å². The molecule has 0 saturated carbocycles. The lowest BCUT2D eigenvalue weighted by molar-refractivity contribution is -0.129. The summed E-state index contributed by atoms with van der Waals surface area (Å²) in [6, 6.07) is 0.257. The van der Waals surface area contributed by atoms with E-state index < -0.39 is 0 Å². The van der Waals surface area contributed by atoms with Crippen molar-refractivity contribution in [2.24, 2.45) is 4.99 Å². The molecule has 1 fully saturated rings. The Hall–Kier alpha value is -1.63. The van der Waals surface area contributed by atoms with Gasteiger partial charge in [0.25, 0.3) is 0 Å². The molecule has 0 aliphatic carbocycles. The summed E-state index contributed by atoms with van der Waals surface area (Å²) in [6.45, 7) is 10.6. The van der Waals surface area contributed by atoms with Gasteiger partial charge in [-0.1, -0.05) is 27.7 Å². The van der Waals surface area contributed by atoms with Crippen LogP contribution in [0.1, 0.15) is 51.2 Å². The smallest absolute Gasteiger partial charge is 0.222 e. The molecule has 0 bridgehead atoms. The average Bonchev–Trinajstić information content (AvgIpc) is 3.19. The number of thiazole rings is 1. The lowest BCUT2D eigenvalue weighted by Gasteiger charge is -2.18. The van der Waals surface area contributed by atoms with Crippen LogP contribution < -0.4 is 10.6 Å². The van der Waals surface area contributed by atoms with Crippen LogP contribution in [0.2, 0.25) is 0 Å². The second kappa shape index (κ2) is 7.96. The van der Waals surface area contributed by atoms with Crippen molar-refractivity contribution in [3.8, 4) is 0 Å². The fourth-order valence-electron chi connectivity index (χ4n) is 2.62. The molecule has 2 N–H and O–H groups in total. The monoisotopic (exact) mass is 351 g/mol. The molecule has 0 radical (unpaired) electrons. The minimum Gasteiger partial charge on any atom is -0.352 e. The van der Waals surface area contributed by atoms with Gasteiger partial charge in [0.05, 0.1) is 17.2 Å². The molecular weight excluding hydrogens is 322 g/mol. The molecule has 2 heterocycles. The van der Waals surface area contributed by atoms with E-state index in [9.17, 15) is 4.79 Å². The van der Waals surface area contributed by atoms with Crippen LogP contribution in [0.25, 0.3) is 0 Å². The summed E-state index contributed by atoms with van der Waals surface area (Å²) < 4.78 is 0. The van der Waals surface area contributed by atoms with Gasteiger partial charge in [0.2, 0.25) is 5.91 Å². The predicted molar refractivity (Wildman–Crippen MR) is 99.4 cm³/mol. The number of nitrogens with zero attached hydrogens (tertiary/aromatic N) is 3. The van der Waals surface area contributed by atoms with Crippen molar-refractivity contribution < 1.29 is 4.79 Å². The number of aliphatic imine (C=N–C) groups is 1. The summed E-state index contributed by atoms with van der Waals surface area (Å²) in [5.41, 5.74) is 1.11. The van der Waals surface area contributed by atoms with E-state index in [4.69, 9.17) is 0 Å². The van der Waals surface area contributed by atoms with Crippen LogP contribution in [-0.2, 0) is 16.8 Å². The number of guanidine groups is 1. The van der Waals surface area contributed by atoms with Gasteiger partial charge in [0, 0.05) is 43.4 Å². The molecule has 6 nitrogen and oxygen atoms in total. The van der Waals surface area contributed by atoms with Crippen molar-refractivity contribution in [2.75, 3.05) is 20.1 Å². The number of carbonyl (C=O) groups excluding carboxylic acids is 1. The molecule has 7 heteroatoms. The van der Waals surface area contributed by atoms with E-state index in [-0.39, 0.29) is 17.4 Å². The summed E-state index contributed by atoms with van der Waals surface area (Å²) in [4.78, 5) is 22.6. The van der Waals surface area contributed by atoms with Gasteiger partial charge in [-0.15, -0.1) is 11.3 Å². The molecule has 1 aromatic rings. The van der Waals surface area contributed by atoms with Gasteiger partial charge < -0.3 is 15.5 Å². The summed E-state index contributed by atoms with van der Waals surface area (Å²) in [5, 5.41) is 9.96. The largest absolute Gasteiger partial charge is 0.352 e. The van der Waals surface area contributed by atoms with Crippen molar-refractivity contribution >= 4 is 23.2 Å². The van der Waals surface area contributed by atoms with Gasteiger partial charge in [-0.25, -0.2) is 4.98 Å². The molecule has 1 aromatic heterocycles. The van der Waals surface area contributed by atoms with Crippen LogP contribution in [0, 0.1) is 0 Å². The Morgan fingerprint density at radius 2 is 2.25 bits per heavy atom. The van der Waals surface area contributed by atoms with E-state index in [0.29, 0.717) is 13.0 Å². The van der Waals surface area contributed by atoms with Crippen molar-refractivity contribution in [3.63, 3.8) is 0 Å². The van der Waals surface area contributed by atoms with E-state index in [0.717, 1.165) is 36.2 Å². The number of rotatable bonds is 4. The quantitative estimate of drug-likeness (QED) is 0.644. The van der Waals surface area contributed by atoms with Gasteiger partial charge >= 0.3 is 0 Å². The van der Waals surface area contributed by atoms with Crippen molar-refractivity contribution in [1.82, 2.24) is 20.5 Å². The van der Waals surface area contributed by atoms with Crippen LogP contribution in [0.5, 0.6) is 0 Å². The fraction of sp³-hybridized carbons (Fsp3) is 0.706.